The molecule has 2 atom stereocenters. The van der Waals surface area contributed by atoms with Crippen molar-refractivity contribution in [3.8, 4) is 0 Å². The topological polar surface area (TPSA) is 22.0 Å². The van der Waals surface area contributed by atoms with Crippen LogP contribution in [0.1, 0.15) is 47.1 Å². The summed E-state index contributed by atoms with van der Waals surface area (Å²) in [4.78, 5) is 10.9. The molecule has 1 saturated carbocycles. The van der Waals surface area contributed by atoms with Gasteiger partial charge in [-0.1, -0.05) is 0 Å². The van der Waals surface area contributed by atoms with E-state index in [0.717, 1.165) is 22.8 Å². The zero-order valence-electron chi connectivity index (χ0n) is 10.2. The Morgan fingerprint density at radius 1 is 1.44 bits per heavy atom. The number of aryl methyl sites for hydroxylation is 1. The monoisotopic (exact) mass is 237 g/mol. The van der Waals surface area contributed by atoms with E-state index in [4.69, 9.17) is 0 Å². The summed E-state index contributed by atoms with van der Waals surface area (Å²) in [7, 11) is 0. The molecule has 16 heavy (non-hydrogen) atoms. The van der Waals surface area contributed by atoms with Crippen LogP contribution in [0, 0.1) is 13.8 Å². The summed E-state index contributed by atoms with van der Waals surface area (Å²) in [6.45, 7) is 4.16. The summed E-state index contributed by atoms with van der Waals surface area (Å²) in [5.41, 5.74) is 3.22. The summed E-state index contributed by atoms with van der Waals surface area (Å²) in [6, 6.07) is 2.61. The van der Waals surface area contributed by atoms with Gasteiger partial charge in [-0.05, 0) is 45.4 Å². The number of rotatable bonds is 3. The fourth-order valence-corrected chi connectivity index (χ4v) is 3.64. The van der Waals surface area contributed by atoms with E-state index in [1.807, 2.05) is 17.8 Å². The van der Waals surface area contributed by atoms with E-state index >= 15 is 0 Å². The number of carbonyl (C=O) groups excluding carboxylic acids is 1. The summed E-state index contributed by atoms with van der Waals surface area (Å²) in [5, 5.41) is 0.797. The molecular formula is C13H19NOS. The zero-order valence-corrected chi connectivity index (χ0v) is 11.0. The number of aldehydes is 1. The van der Waals surface area contributed by atoms with Crippen molar-refractivity contribution >= 4 is 18.0 Å². The molecule has 1 aliphatic carbocycles. The Balaban J connectivity index is 2.27. The predicted octanol–water partition coefficient (Wildman–Crippen LogP) is 3.37. The highest BCUT2D eigenvalue weighted by Crippen LogP contribution is 2.38. The fraction of sp³-hybridized carbons (Fsp3) is 0.615. The molecule has 1 heterocycles. The molecule has 0 N–H and O–H groups in total. The Labute approximate surface area is 101 Å². The van der Waals surface area contributed by atoms with Crippen molar-refractivity contribution in [2.24, 2.45) is 0 Å². The zero-order chi connectivity index (χ0) is 11.7. The van der Waals surface area contributed by atoms with E-state index in [2.05, 4.69) is 24.7 Å². The van der Waals surface area contributed by atoms with Crippen molar-refractivity contribution in [3.05, 3.63) is 23.0 Å². The summed E-state index contributed by atoms with van der Waals surface area (Å²) in [5.74, 6) is 0. The lowest BCUT2D eigenvalue weighted by atomic mass is 10.2. The van der Waals surface area contributed by atoms with E-state index in [-0.39, 0.29) is 0 Å². The van der Waals surface area contributed by atoms with Crippen molar-refractivity contribution in [1.82, 2.24) is 4.57 Å². The van der Waals surface area contributed by atoms with Crippen LogP contribution in [0.15, 0.2) is 6.07 Å². The highest BCUT2D eigenvalue weighted by molar-refractivity contribution is 7.99. The first kappa shape index (κ1) is 11.8. The highest BCUT2D eigenvalue weighted by atomic mass is 32.2. The first-order valence-electron chi connectivity index (χ1n) is 5.83. The molecule has 0 radical (unpaired) electrons. The molecule has 2 rings (SSSR count). The molecule has 3 heteroatoms. The molecule has 1 aliphatic rings. The van der Waals surface area contributed by atoms with Gasteiger partial charge in [-0.2, -0.15) is 11.8 Å². The quantitative estimate of drug-likeness (QED) is 0.752. The maximum atomic E-state index is 10.9. The summed E-state index contributed by atoms with van der Waals surface area (Å²) >= 11 is 1.97. The number of hydrogen-bond donors (Lipinski definition) is 0. The number of carbonyl (C=O) groups is 1. The van der Waals surface area contributed by atoms with Crippen LogP contribution in [-0.2, 0) is 0 Å². The van der Waals surface area contributed by atoms with Gasteiger partial charge in [-0.15, -0.1) is 0 Å². The van der Waals surface area contributed by atoms with Gasteiger partial charge < -0.3 is 4.57 Å². The van der Waals surface area contributed by atoms with E-state index in [0.29, 0.717) is 6.04 Å². The lowest BCUT2D eigenvalue weighted by molar-refractivity contribution is 0.112. The number of nitrogens with zero attached hydrogens (tertiary/aromatic N) is 1. The van der Waals surface area contributed by atoms with Gasteiger partial charge >= 0.3 is 0 Å². The minimum atomic E-state index is 0.603. The van der Waals surface area contributed by atoms with E-state index in [1.54, 1.807) is 0 Å². The van der Waals surface area contributed by atoms with Gasteiger partial charge in [0, 0.05) is 28.2 Å². The average molecular weight is 237 g/mol. The molecule has 1 fully saturated rings. The van der Waals surface area contributed by atoms with Gasteiger partial charge in [0.2, 0.25) is 0 Å². The first-order chi connectivity index (χ1) is 7.67. The van der Waals surface area contributed by atoms with Gasteiger partial charge in [0.05, 0.1) is 0 Å². The largest absolute Gasteiger partial charge is 0.345 e. The van der Waals surface area contributed by atoms with Crippen molar-refractivity contribution in [2.45, 2.75) is 44.4 Å². The lowest BCUT2D eigenvalue weighted by Gasteiger charge is -2.17. The van der Waals surface area contributed by atoms with Gasteiger partial charge in [-0.3, -0.25) is 4.79 Å². The van der Waals surface area contributed by atoms with E-state index < -0.39 is 0 Å². The summed E-state index contributed by atoms with van der Waals surface area (Å²) < 4.78 is 2.36. The average Bonchev–Trinajstić information content (AvgIpc) is 2.83. The second kappa shape index (κ2) is 4.66. The molecule has 0 aliphatic heterocycles. The van der Waals surface area contributed by atoms with E-state index in [9.17, 15) is 4.79 Å². The molecule has 0 amide bonds. The second-order valence-corrected chi connectivity index (χ2v) is 5.78. The molecule has 88 valence electrons. The van der Waals surface area contributed by atoms with Gasteiger partial charge in [0.15, 0.2) is 6.29 Å². The normalized spacial score (nSPS) is 24.9. The Morgan fingerprint density at radius 3 is 2.69 bits per heavy atom. The lowest BCUT2D eigenvalue weighted by Crippen LogP contribution is -2.09. The second-order valence-electron chi connectivity index (χ2n) is 4.64. The molecule has 0 spiro atoms. The molecule has 0 saturated heterocycles. The Hall–Kier alpha value is -0.700. The SMILES string of the molecule is CSC1CCC(n2c(C)cc(C=O)c2C)C1. The molecule has 1 aromatic rings. The van der Waals surface area contributed by atoms with Crippen LogP contribution in [0.25, 0.3) is 0 Å². The van der Waals surface area contributed by atoms with Gasteiger partial charge in [-0.25, -0.2) is 0 Å². The number of hydrogen-bond acceptors (Lipinski definition) is 2. The van der Waals surface area contributed by atoms with Crippen LogP contribution in [0.5, 0.6) is 0 Å². The standard InChI is InChI=1S/C13H19NOS/c1-9-6-11(8-15)10(2)14(9)12-4-5-13(7-12)16-3/h6,8,12-13H,4-5,7H2,1-3H3. The van der Waals surface area contributed by atoms with Crippen LogP contribution in [0.4, 0.5) is 0 Å². The predicted molar refractivity (Wildman–Crippen MR) is 69.5 cm³/mol. The fourth-order valence-electron chi connectivity index (χ4n) is 2.85. The Kier molecular flexibility index (Phi) is 3.43. The Bertz CT molecular complexity index is 397. The third-order valence-corrected chi connectivity index (χ3v) is 4.80. The van der Waals surface area contributed by atoms with Crippen molar-refractivity contribution < 1.29 is 4.79 Å². The maximum absolute atomic E-state index is 10.9. The van der Waals surface area contributed by atoms with E-state index in [1.165, 1.54) is 25.0 Å². The van der Waals surface area contributed by atoms with Crippen LogP contribution in [0.3, 0.4) is 0 Å². The van der Waals surface area contributed by atoms with Crippen molar-refractivity contribution in [2.75, 3.05) is 6.26 Å². The molecule has 2 unspecified atom stereocenters. The molecule has 0 aromatic carbocycles. The first-order valence-corrected chi connectivity index (χ1v) is 7.12. The van der Waals surface area contributed by atoms with Crippen LogP contribution < -0.4 is 0 Å². The molecule has 2 nitrogen and oxygen atoms in total. The van der Waals surface area contributed by atoms with Crippen molar-refractivity contribution in [3.63, 3.8) is 0 Å². The minimum absolute atomic E-state index is 0.603. The molecule has 0 bridgehead atoms. The number of thioether (sulfide) groups is 1. The Morgan fingerprint density at radius 2 is 2.19 bits per heavy atom. The van der Waals surface area contributed by atoms with Gasteiger partial charge in [0.1, 0.15) is 0 Å². The van der Waals surface area contributed by atoms with Crippen LogP contribution >= 0.6 is 11.8 Å². The summed E-state index contributed by atoms with van der Waals surface area (Å²) in [6.07, 6.45) is 6.97. The minimum Gasteiger partial charge on any atom is -0.345 e. The molecule has 1 aromatic heterocycles. The molecular weight excluding hydrogens is 218 g/mol. The van der Waals surface area contributed by atoms with Crippen molar-refractivity contribution in [1.29, 1.82) is 0 Å². The number of aromatic nitrogens is 1. The smallest absolute Gasteiger partial charge is 0.151 e. The van der Waals surface area contributed by atoms with Gasteiger partial charge in [0.25, 0.3) is 0 Å². The van der Waals surface area contributed by atoms with Crippen LogP contribution in [0.2, 0.25) is 0 Å². The van der Waals surface area contributed by atoms with Crippen LogP contribution in [-0.4, -0.2) is 22.4 Å². The maximum Gasteiger partial charge on any atom is 0.151 e. The third-order valence-electron chi connectivity index (χ3n) is 3.71. The highest BCUT2D eigenvalue weighted by Gasteiger charge is 2.27. The third kappa shape index (κ3) is 1.93.